The van der Waals surface area contributed by atoms with E-state index in [1.165, 1.54) is 0 Å². The van der Waals surface area contributed by atoms with Crippen LogP contribution in [0, 0.1) is 12.3 Å². The van der Waals surface area contributed by atoms with Gasteiger partial charge in [0.05, 0.1) is 5.60 Å². The molecule has 3 heteroatoms. The zero-order valence-corrected chi connectivity index (χ0v) is 11.0. The number of fused-ring (bicyclic) bond motifs is 2. The van der Waals surface area contributed by atoms with Crippen LogP contribution in [0.25, 0.3) is 0 Å². The number of rotatable bonds is 1. The van der Waals surface area contributed by atoms with Crippen LogP contribution in [0.5, 0.6) is 0 Å². The molecule has 2 aliphatic heterocycles. The molecule has 2 fully saturated rings. The maximum absolute atomic E-state index is 12.0. The Morgan fingerprint density at radius 3 is 2.61 bits per heavy atom. The molecule has 1 N–H and O–H groups in total. The lowest BCUT2D eigenvalue weighted by atomic mass is 9.85. The van der Waals surface area contributed by atoms with Crippen LogP contribution >= 0.6 is 0 Å². The van der Waals surface area contributed by atoms with Crippen LogP contribution in [0.2, 0.25) is 0 Å². The smallest absolute Gasteiger partial charge is 0.0919 e. The van der Waals surface area contributed by atoms with Gasteiger partial charge in [0.2, 0.25) is 0 Å². The summed E-state index contributed by atoms with van der Waals surface area (Å²) < 4.78 is 12.0. The molecule has 0 aliphatic carbocycles. The van der Waals surface area contributed by atoms with Crippen molar-refractivity contribution in [1.29, 1.82) is 0 Å². The van der Waals surface area contributed by atoms with Crippen molar-refractivity contribution in [2.24, 2.45) is 0 Å². The third kappa shape index (κ3) is 1.81. The average Bonchev–Trinajstić information content (AvgIpc) is 2.63. The summed E-state index contributed by atoms with van der Waals surface area (Å²) in [6, 6.07) is 7.56. The first-order valence-corrected chi connectivity index (χ1v) is 7.59. The quantitative estimate of drug-likeness (QED) is 0.783. The third-order valence-electron chi connectivity index (χ3n) is 4.16. The van der Waals surface area contributed by atoms with E-state index < -0.39 is 16.4 Å². The molecular weight excluding hydrogens is 244 g/mol. The molecule has 0 amide bonds. The van der Waals surface area contributed by atoms with Crippen LogP contribution in [0.15, 0.2) is 24.3 Å². The molecule has 1 aromatic rings. The Hall–Kier alpha value is -1.11. The van der Waals surface area contributed by atoms with E-state index >= 15 is 0 Å². The van der Waals surface area contributed by atoms with E-state index in [-0.39, 0.29) is 10.5 Å². The predicted molar refractivity (Wildman–Crippen MR) is 72.5 cm³/mol. The number of aliphatic hydroxyl groups is 1. The van der Waals surface area contributed by atoms with Gasteiger partial charge in [0.15, 0.2) is 0 Å². The van der Waals surface area contributed by atoms with E-state index in [0.717, 1.165) is 24.0 Å². The first-order chi connectivity index (χ1) is 8.62. The van der Waals surface area contributed by atoms with E-state index in [0.29, 0.717) is 12.8 Å². The lowest BCUT2D eigenvalue weighted by Crippen LogP contribution is -2.40. The molecule has 2 aliphatic rings. The van der Waals surface area contributed by atoms with Gasteiger partial charge in [-0.15, -0.1) is 6.42 Å². The molecule has 2 nitrogen and oxygen atoms in total. The normalized spacial score (nSPS) is 38.3. The first-order valence-electron chi connectivity index (χ1n) is 6.31. The molecule has 3 rings (SSSR count). The molecule has 18 heavy (non-hydrogen) atoms. The minimum absolute atomic E-state index is 0.156. The zero-order valence-electron chi connectivity index (χ0n) is 10.1. The Morgan fingerprint density at radius 1 is 1.33 bits per heavy atom. The van der Waals surface area contributed by atoms with E-state index in [1.54, 1.807) is 0 Å². The summed E-state index contributed by atoms with van der Waals surface area (Å²) in [6.07, 6.45) is 8.56. The minimum Gasteiger partial charge on any atom is -0.385 e. The van der Waals surface area contributed by atoms with Crippen molar-refractivity contribution in [3.63, 3.8) is 0 Å². The van der Waals surface area contributed by atoms with Gasteiger partial charge in [-0.3, -0.25) is 4.21 Å². The van der Waals surface area contributed by atoms with E-state index in [2.05, 4.69) is 5.92 Å². The number of hydrogen-bond acceptors (Lipinski definition) is 2. The predicted octanol–water partition coefficient (Wildman–Crippen LogP) is 1.93. The maximum Gasteiger partial charge on any atom is 0.0919 e. The summed E-state index contributed by atoms with van der Waals surface area (Å²) in [5, 5.41) is 11.2. The van der Waals surface area contributed by atoms with Crippen LogP contribution in [0.4, 0.5) is 0 Å². The monoisotopic (exact) mass is 260 g/mol. The largest absolute Gasteiger partial charge is 0.385 e. The van der Waals surface area contributed by atoms with E-state index in [9.17, 15) is 9.32 Å². The second-order valence-electron chi connectivity index (χ2n) is 5.31. The molecule has 1 aromatic carbocycles. The van der Waals surface area contributed by atoms with Crippen molar-refractivity contribution in [2.45, 2.75) is 41.8 Å². The van der Waals surface area contributed by atoms with Gasteiger partial charge < -0.3 is 5.11 Å². The summed E-state index contributed by atoms with van der Waals surface area (Å²) in [6.45, 7) is 0. The van der Waals surface area contributed by atoms with Crippen molar-refractivity contribution in [3.8, 4) is 12.3 Å². The van der Waals surface area contributed by atoms with Gasteiger partial charge in [0.1, 0.15) is 0 Å². The highest BCUT2D eigenvalue weighted by Gasteiger charge is 2.48. The van der Waals surface area contributed by atoms with Crippen molar-refractivity contribution >= 4 is 10.8 Å². The summed E-state index contributed by atoms with van der Waals surface area (Å²) in [7, 11) is -0.746. The van der Waals surface area contributed by atoms with Crippen molar-refractivity contribution in [2.75, 3.05) is 0 Å². The Kier molecular flexibility index (Phi) is 2.80. The van der Waals surface area contributed by atoms with Crippen LogP contribution in [0.1, 0.15) is 36.8 Å². The van der Waals surface area contributed by atoms with Gasteiger partial charge >= 0.3 is 0 Å². The van der Waals surface area contributed by atoms with Gasteiger partial charge in [0, 0.05) is 26.9 Å². The highest BCUT2D eigenvalue weighted by Crippen LogP contribution is 2.45. The molecule has 2 bridgehead atoms. The van der Waals surface area contributed by atoms with Crippen molar-refractivity contribution in [3.05, 3.63) is 35.4 Å². The Bertz CT molecular complexity index is 528. The second-order valence-corrected chi connectivity index (χ2v) is 7.31. The zero-order chi connectivity index (χ0) is 12.8. The summed E-state index contributed by atoms with van der Waals surface area (Å²) in [5.41, 5.74) is 0.832. The molecule has 94 valence electrons. The molecule has 2 saturated heterocycles. The fraction of sp³-hybridized carbons (Fsp3) is 0.467. The standard InChI is InChI=1S/C15H16O2S/c1-2-11-4-3-5-12(8-11)15(16)9-13-6-7-14(10-15)18(13)17/h1,3-5,8,13-14,16H,6-7,9-10H2. The Balaban J connectivity index is 1.96. The topological polar surface area (TPSA) is 37.3 Å². The van der Waals surface area contributed by atoms with E-state index in [4.69, 9.17) is 6.42 Å². The average molecular weight is 260 g/mol. The number of hydrogen-bond donors (Lipinski definition) is 1. The minimum atomic E-state index is -0.841. The molecule has 2 heterocycles. The molecule has 2 unspecified atom stereocenters. The molecule has 0 aromatic heterocycles. The van der Waals surface area contributed by atoms with Gasteiger partial charge in [-0.1, -0.05) is 18.1 Å². The molecule has 0 radical (unpaired) electrons. The lowest BCUT2D eigenvalue weighted by molar-refractivity contribution is 0.0184. The number of terminal acetylenes is 1. The van der Waals surface area contributed by atoms with Crippen LogP contribution in [0.3, 0.4) is 0 Å². The molecule has 2 atom stereocenters. The second kappa shape index (κ2) is 4.22. The van der Waals surface area contributed by atoms with Crippen molar-refractivity contribution < 1.29 is 9.32 Å². The fourth-order valence-electron chi connectivity index (χ4n) is 3.22. The Morgan fingerprint density at radius 2 is 2.00 bits per heavy atom. The lowest BCUT2D eigenvalue weighted by Gasteiger charge is -2.36. The molecule has 0 saturated carbocycles. The van der Waals surface area contributed by atoms with Crippen LogP contribution < -0.4 is 0 Å². The van der Waals surface area contributed by atoms with E-state index in [1.807, 2.05) is 24.3 Å². The maximum atomic E-state index is 12.0. The summed E-state index contributed by atoms with van der Waals surface area (Å²) in [5.74, 6) is 2.60. The highest BCUT2D eigenvalue weighted by molar-refractivity contribution is 7.86. The SMILES string of the molecule is C#Cc1cccc(C2(O)CC3CCC(C2)S3=O)c1. The first kappa shape index (κ1) is 12.0. The van der Waals surface area contributed by atoms with Crippen LogP contribution in [-0.2, 0) is 16.4 Å². The molecule has 0 spiro atoms. The Labute approximate surface area is 110 Å². The molecular formula is C15H16O2S. The fourth-order valence-corrected chi connectivity index (χ4v) is 5.38. The summed E-state index contributed by atoms with van der Waals surface area (Å²) in [4.78, 5) is 0. The van der Waals surface area contributed by atoms with Gasteiger partial charge in [-0.25, -0.2) is 0 Å². The summed E-state index contributed by atoms with van der Waals surface area (Å²) >= 11 is 0. The van der Waals surface area contributed by atoms with Gasteiger partial charge in [0.25, 0.3) is 0 Å². The third-order valence-corrected chi connectivity index (χ3v) is 6.28. The van der Waals surface area contributed by atoms with Crippen LogP contribution in [-0.4, -0.2) is 19.8 Å². The van der Waals surface area contributed by atoms with Gasteiger partial charge in [-0.05, 0) is 43.4 Å². The number of benzene rings is 1. The van der Waals surface area contributed by atoms with Gasteiger partial charge in [-0.2, -0.15) is 0 Å². The highest BCUT2D eigenvalue weighted by atomic mass is 32.2. The van der Waals surface area contributed by atoms with Crippen molar-refractivity contribution in [1.82, 2.24) is 0 Å².